The normalized spacial score (nSPS) is 15.2. The molecule has 0 radical (unpaired) electrons. The van der Waals surface area contributed by atoms with E-state index in [9.17, 15) is 4.79 Å². The van der Waals surface area contributed by atoms with Crippen molar-refractivity contribution < 1.29 is 4.79 Å². The third-order valence-electron chi connectivity index (χ3n) is 4.64. The maximum Gasteiger partial charge on any atom is 0.272 e. The predicted molar refractivity (Wildman–Crippen MR) is 99.0 cm³/mol. The lowest BCUT2D eigenvalue weighted by Gasteiger charge is -2.34. The summed E-state index contributed by atoms with van der Waals surface area (Å²) in [5.74, 6) is -0.0154. The number of amides is 1. The Labute approximate surface area is 152 Å². The van der Waals surface area contributed by atoms with E-state index in [2.05, 4.69) is 39.2 Å². The molecule has 6 heteroatoms. The zero-order valence-electron chi connectivity index (χ0n) is 14.5. The van der Waals surface area contributed by atoms with Crippen LogP contribution in [0.4, 0.5) is 0 Å². The van der Waals surface area contributed by atoms with Crippen LogP contribution in [0, 0.1) is 0 Å². The van der Waals surface area contributed by atoms with E-state index in [4.69, 9.17) is 0 Å². The Morgan fingerprint density at radius 3 is 2.50 bits per heavy atom. The van der Waals surface area contributed by atoms with Gasteiger partial charge in [0, 0.05) is 51.3 Å². The molecule has 0 unspecified atom stereocenters. The number of nitrogens with zero attached hydrogens (tertiary/aromatic N) is 5. The second kappa shape index (κ2) is 7.49. The van der Waals surface area contributed by atoms with Crippen LogP contribution in [0.25, 0.3) is 5.69 Å². The summed E-state index contributed by atoms with van der Waals surface area (Å²) < 4.78 is 1.73. The van der Waals surface area contributed by atoms with E-state index in [0.717, 1.165) is 38.4 Å². The summed E-state index contributed by atoms with van der Waals surface area (Å²) in [5.41, 5.74) is 2.62. The number of hydrogen-bond donors (Lipinski definition) is 0. The Hall–Kier alpha value is -2.99. The molecule has 1 amide bonds. The van der Waals surface area contributed by atoms with Crippen molar-refractivity contribution in [1.82, 2.24) is 24.6 Å². The van der Waals surface area contributed by atoms with Gasteiger partial charge in [0.2, 0.25) is 0 Å². The third kappa shape index (κ3) is 3.65. The first-order chi connectivity index (χ1) is 12.8. The molecule has 1 fully saturated rings. The SMILES string of the molecule is O=C(c1cc(-n2cccn2)ccn1)N1CCN(Cc2ccccc2)CC1. The highest BCUT2D eigenvalue weighted by molar-refractivity contribution is 5.92. The van der Waals surface area contributed by atoms with Crippen LogP contribution in [-0.2, 0) is 6.54 Å². The van der Waals surface area contributed by atoms with Gasteiger partial charge in [-0.05, 0) is 23.8 Å². The Bertz CT molecular complexity index is 855. The molecule has 0 atom stereocenters. The zero-order valence-corrected chi connectivity index (χ0v) is 14.5. The molecule has 3 aromatic rings. The van der Waals surface area contributed by atoms with Gasteiger partial charge in [0.05, 0.1) is 5.69 Å². The van der Waals surface area contributed by atoms with Gasteiger partial charge in [0.1, 0.15) is 5.69 Å². The van der Waals surface area contributed by atoms with Crippen LogP contribution in [0.15, 0.2) is 67.1 Å². The van der Waals surface area contributed by atoms with Gasteiger partial charge in [-0.25, -0.2) is 4.68 Å². The molecule has 1 aliphatic rings. The predicted octanol–water partition coefficient (Wildman–Crippen LogP) is 2.23. The fourth-order valence-corrected chi connectivity index (χ4v) is 3.21. The van der Waals surface area contributed by atoms with E-state index in [1.165, 1.54) is 5.56 Å². The number of carbonyl (C=O) groups excluding carboxylic acids is 1. The van der Waals surface area contributed by atoms with Gasteiger partial charge in [-0.1, -0.05) is 30.3 Å². The van der Waals surface area contributed by atoms with Gasteiger partial charge >= 0.3 is 0 Å². The summed E-state index contributed by atoms with van der Waals surface area (Å²) in [6.07, 6.45) is 5.23. The van der Waals surface area contributed by atoms with E-state index >= 15 is 0 Å². The van der Waals surface area contributed by atoms with Crippen molar-refractivity contribution in [3.05, 3.63) is 78.4 Å². The van der Waals surface area contributed by atoms with Crippen LogP contribution in [0.5, 0.6) is 0 Å². The number of aromatic nitrogens is 3. The molecular formula is C20H21N5O. The van der Waals surface area contributed by atoms with Crippen LogP contribution in [0.1, 0.15) is 16.1 Å². The second-order valence-electron chi connectivity index (χ2n) is 6.40. The molecule has 26 heavy (non-hydrogen) atoms. The average molecular weight is 347 g/mol. The molecular weight excluding hydrogens is 326 g/mol. The van der Waals surface area contributed by atoms with Crippen molar-refractivity contribution in [2.24, 2.45) is 0 Å². The number of carbonyl (C=O) groups is 1. The smallest absolute Gasteiger partial charge is 0.272 e. The number of piperazine rings is 1. The van der Waals surface area contributed by atoms with Crippen molar-refractivity contribution in [2.75, 3.05) is 26.2 Å². The second-order valence-corrected chi connectivity index (χ2v) is 6.40. The summed E-state index contributed by atoms with van der Waals surface area (Å²) in [4.78, 5) is 21.3. The molecule has 6 nitrogen and oxygen atoms in total. The number of rotatable bonds is 4. The van der Waals surface area contributed by atoms with Gasteiger partial charge < -0.3 is 4.90 Å². The lowest BCUT2D eigenvalue weighted by atomic mass is 10.2. The molecule has 0 spiro atoms. The number of benzene rings is 1. The van der Waals surface area contributed by atoms with Crippen molar-refractivity contribution in [1.29, 1.82) is 0 Å². The summed E-state index contributed by atoms with van der Waals surface area (Å²) in [7, 11) is 0. The number of pyridine rings is 1. The molecule has 1 saturated heterocycles. The highest BCUT2D eigenvalue weighted by Gasteiger charge is 2.23. The van der Waals surface area contributed by atoms with Crippen LogP contribution in [-0.4, -0.2) is 56.7 Å². The fourth-order valence-electron chi connectivity index (χ4n) is 3.21. The third-order valence-corrected chi connectivity index (χ3v) is 4.64. The summed E-state index contributed by atoms with van der Waals surface area (Å²) in [6.45, 7) is 4.12. The monoisotopic (exact) mass is 347 g/mol. The standard InChI is InChI=1S/C20H21N5O/c26-20(19-15-18(7-9-21-19)25-10-4-8-22-25)24-13-11-23(12-14-24)16-17-5-2-1-3-6-17/h1-10,15H,11-14,16H2. The van der Waals surface area contributed by atoms with Crippen LogP contribution in [0.2, 0.25) is 0 Å². The van der Waals surface area contributed by atoms with Crippen molar-refractivity contribution in [3.63, 3.8) is 0 Å². The van der Waals surface area contributed by atoms with Gasteiger partial charge in [-0.15, -0.1) is 0 Å². The van der Waals surface area contributed by atoms with E-state index in [1.807, 2.05) is 29.3 Å². The quantitative estimate of drug-likeness (QED) is 0.726. The first-order valence-corrected chi connectivity index (χ1v) is 8.81. The molecule has 1 aliphatic heterocycles. The Kier molecular flexibility index (Phi) is 4.75. The van der Waals surface area contributed by atoms with Crippen molar-refractivity contribution >= 4 is 5.91 Å². The molecule has 4 rings (SSSR count). The minimum absolute atomic E-state index is 0.0154. The molecule has 0 bridgehead atoms. The van der Waals surface area contributed by atoms with Gasteiger partial charge in [0.15, 0.2) is 0 Å². The topological polar surface area (TPSA) is 54.3 Å². The molecule has 132 valence electrons. The fraction of sp³-hybridized carbons (Fsp3) is 0.250. The summed E-state index contributed by atoms with van der Waals surface area (Å²) in [6, 6.07) is 15.9. The van der Waals surface area contributed by atoms with Crippen molar-refractivity contribution in [2.45, 2.75) is 6.54 Å². The zero-order chi connectivity index (χ0) is 17.8. The Morgan fingerprint density at radius 1 is 0.962 bits per heavy atom. The van der Waals surface area contributed by atoms with Crippen LogP contribution >= 0.6 is 0 Å². The van der Waals surface area contributed by atoms with Crippen molar-refractivity contribution in [3.8, 4) is 5.69 Å². The molecule has 2 aromatic heterocycles. The summed E-state index contributed by atoms with van der Waals surface area (Å²) >= 11 is 0. The van der Waals surface area contributed by atoms with E-state index in [0.29, 0.717) is 5.69 Å². The average Bonchev–Trinajstić information content (AvgIpc) is 3.24. The van der Waals surface area contributed by atoms with Gasteiger partial charge in [-0.2, -0.15) is 5.10 Å². The number of hydrogen-bond acceptors (Lipinski definition) is 4. The first kappa shape index (κ1) is 16.5. The molecule has 0 aliphatic carbocycles. The maximum absolute atomic E-state index is 12.8. The van der Waals surface area contributed by atoms with E-state index in [1.54, 1.807) is 23.1 Å². The maximum atomic E-state index is 12.8. The molecule has 0 saturated carbocycles. The van der Waals surface area contributed by atoms with Gasteiger partial charge in [0.25, 0.3) is 5.91 Å². The summed E-state index contributed by atoms with van der Waals surface area (Å²) in [5, 5.41) is 4.21. The Morgan fingerprint density at radius 2 is 1.77 bits per heavy atom. The minimum Gasteiger partial charge on any atom is -0.335 e. The molecule has 3 heterocycles. The molecule has 1 aromatic carbocycles. The Balaban J connectivity index is 1.39. The largest absolute Gasteiger partial charge is 0.335 e. The molecule has 0 N–H and O–H groups in total. The highest BCUT2D eigenvalue weighted by atomic mass is 16.2. The van der Waals surface area contributed by atoms with Gasteiger partial charge in [-0.3, -0.25) is 14.7 Å². The highest BCUT2D eigenvalue weighted by Crippen LogP contribution is 2.13. The van der Waals surface area contributed by atoms with Crippen LogP contribution < -0.4 is 0 Å². The lowest BCUT2D eigenvalue weighted by molar-refractivity contribution is 0.0622. The first-order valence-electron chi connectivity index (χ1n) is 8.81. The lowest BCUT2D eigenvalue weighted by Crippen LogP contribution is -2.48. The van der Waals surface area contributed by atoms with Crippen LogP contribution in [0.3, 0.4) is 0 Å². The van der Waals surface area contributed by atoms with E-state index < -0.39 is 0 Å². The van der Waals surface area contributed by atoms with E-state index in [-0.39, 0.29) is 5.91 Å². The minimum atomic E-state index is -0.0154.